The van der Waals surface area contributed by atoms with E-state index in [2.05, 4.69) is 5.32 Å². The molecule has 2 rings (SSSR count). The zero-order chi connectivity index (χ0) is 15.6. The number of aryl methyl sites for hydroxylation is 1. The number of nitrogens with two attached hydrogens (primary N) is 1. The highest BCUT2D eigenvalue weighted by Crippen LogP contribution is 2.27. The highest BCUT2D eigenvalue weighted by atomic mass is 35.5. The Hall–Kier alpha value is -2.60. The van der Waals surface area contributed by atoms with E-state index in [1.54, 1.807) is 18.2 Å². The molecule has 0 aliphatic rings. The Morgan fingerprint density at radius 2 is 2.00 bits per heavy atom. The van der Waals surface area contributed by atoms with E-state index in [4.69, 9.17) is 17.3 Å². The first kappa shape index (κ1) is 14.8. The highest BCUT2D eigenvalue weighted by Gasteiger charge is 2.14. The molecule has 0 aliphatic heterocycles. The number of benzene rings is 2. The Kier molecular flexibility index (Phi) is 4.09. The first-order valence-electron chi connectivity index (χ1n) is 6.00. The van der Waals surface area contributed by atoms with Crippen molar-refractivity contribution in [3.63, 3.8) is 0 Å². The number of halogens is 1. The summed E-state index contributed by atoms with van der Waals surface area (Å²) in [5, 5.41) is 13.3. The SMILES string of the molecule is Cc1ccc(N)c(C(=O)Nc2ccc([N+](=O)[O-])cc2Cl)c1. The number of rotatable bonds is 3. The number of carbonyl (C=O) groups excluding carboxylic acids is 1. The van der Waals surface area contributed by atoms with Crippen molar-refractivity contribution < 1.29 is 9.72 Å². The lowest BCUT2D eigenvalue weighted by Gasteiger charge is -2.09. The molecule has 0 saturated heterocycles. The van der Waals surface area contributed by atoms with Gasteiger partial charge in [-0.2, -0.15) is 0 Å². The van der Waals surface area contributed by atoms with Crippen LogP contribution in [-0.2, 0) is 0 Å². The van der Waals surface area contributed by atoms with Crippen molar-refractivity contribution in [2.24, 2.45) is 0 Å². The summed E-state index contributed by atoms with van der Waals surface area (Å²) in [7, 11) is 0. The van der Waals surface area contributed by atoms with Gasteiger partial charge in [-0.05, 0) is 25.1 Å². The molecule has 108 valence electrons. The molecule has 7 heteroatoms. The molecule has 0 heterocycles. The van der Waals surface area contributed by atoms with Crippen LogP contribution >= 0.6 is 11.6 Å². The monoisotopic (exact) mass is 305 g/mol. The Labute approximate surface area is 125 Å². The van der Waals surface area contributed by atoms with Gasteiger partial charge in [-0.1, -0.05) is 23.2 Å². The Balaban J connectivity index is 2.27. The minimum atomic E-state index is -0.559. The van der Waals surface area contributed by atoms with E-state index in [0.717, 1.165) is 5.56 Å². The third kappa shape index (κ3) is 3.29. The quantitative estimate of drug-likeness (QED) is 0.516. The number of anilines is 2. The van der Waals surface area contributed by atoms with Crippen LogP contribution < -0.4 is 11.1 Å². The first-order valence-corrected chi connectivity index (χ1v) is 6.37. The van der Waals surface area contributed by atoms with Crippen molar-refractivity contribution in [1.82, 2.24) is 0 Å². The molecule has 6 nitrogen and oxygen atoms in total. The molecule has 0 atom stereocenters. The minimum absolute atomic E-state index is 0.0868. The predicted molar refractivity (Wildman–Crippen MR) is 81.7 cm³/mol. The van der Waals surface area contributed by atoms with Gasteiger partial charge in [0.25, 0.3) is 11.6 Å². The maximum Gasteiger partial charge on any atom is 0.271 e. The van der Waals surface area contributed by atoms with Crippen molar-refractivity contribution in [3.05, 3.63) is 62.7 Å². The van der Waals surface area contributed by atoms with E-state index in [0.29, 0.717) is 11.3 Å². The van der Waals surface area contributed by atoms with Crippen molar-refractivity contribution >= 4 is 34.6 Å². The van der Waals surface area contributed by atoms with Crippen LogP contribution in [0.5, 0.6) is 0 Å². The van der Waals surface area contributed by atoms with Crippen LogP contribution in [0.25, 0.3) is 0 Å². The van der Waals surface area contributed by atoms with Crippen LogP contribution in [0.2, 0.25) is 5.02 Å². The third-order valence-electron chi connectivity index (χ3n) is 2.87. The summed E-state index contributed by atoms with van der Waals surface area (Å²) in [4.78, 5) is 22.2. The summed E-state index contributed by atoms with van der Waals surface area (Å²) in [6, 6.07) is 8.92. The number of hydrogen-bond acceptors (Lipinski definition) is 4. The number of non-ortho nitro benzene ring substituents is 1. The molecule has 0 saturated carbocycles. The van der Waals surface area contributed by atoms with Gasteiger partial charge < -0.3 is 11.1 Å². The summed E-state index contributed by atoms with van der Waals surface area (Å²) in [6.45, 7) is 1.84. The molecule has 3 N–H and O–H groups in total. The van der Waals surface area contributed by atoms with Crippen LogP contribution in [0, 0.1) is 17.0 Å². The maximum atomic E-state index is 12.2. The highest BCUT2D eigenvalue weighted by molar-refractivity contribution is 6.34. The van der Waals surface area contributed by atoms with E-state index < -0.39 is 10.8 Å². The second-order valence-electron chi connectivity index (χ2n) is 4.47. The van der Waals surface area contributed by atoms with Crippen molar-refractivity contribution in [2.45, 2.75) is 6.92 Å². The molecule has 0 aromatic heterocycles. The largest absolute Gasteiger partial charge is 0.398 e. The number of hydrogen-bond donors (Lipinski definition) is 2. The molecule has 1 amide bonds. The maximum absolute atomic E-state index is 12.2. The van der Waals surface area contributed by atoms with Gasteiger partial charge >= 0.3 is 0 Å². The van der Waals surface area contributed by atoms with E-state index >= 15 is 0 Å². The molecule has 0 bridgehead atoms. The zero-order valence-electron chi connectivity index (χ0n) is 11.1. The number of nitro groups is 1. The summed E-state index contributed by atoms with van der Waals surface area (Å²) in [5.74, 6) is -0.424. The minimum Gasteiger partial charge on any atom is -0.398 e. The lowest BCUT2D eigenvalue weighted by Crippen LogP contribution is -2.14. The fourth-order valence-corrected chi connectivity index (χ4v) is 2.00. The topological polar surface area (TPSA) is 98.3 Å². The number of carbonyl (C=O) groups is 1. The molecular weight excluding hydrogens is 294 g/mol. The lowest BCUT2D eigenvalue weighted by molar-refractivity contribution is -0.384. The van der Waals surface area contributed by atoms with Crippen molar-refractivity contribution in [3.8, 4) is 0 Å². The molecule has 21 heavy (non-hydrogen) atoms. The first-order chi connectivity index (χ1) is 9.88. The Bertz CT molecular complexity index is 731. The summed E-state index contributed by atoms with van der Waals surface area (Å²) in [5.41, 5.74) is 7.46. The zero-order valence-corrected chi connectivity index (χ0v) is 11.8. The van der Waals surface area contributed by atoms with E-state index in [1.807, 2.05) is 6.92 Å². The van der Waals surface area contributed by atoms with Gasteiger partial charge in [0.15, 0.2) is 0 Å². The van der Waals surface area contributed by atoms with Gasteiger partial charge in [-0.15, -0.1) is 0 Å². The van der Waals surface area contributed by atoms with E-state index in [1.165, 1.54) is 18.2 Å². The summed E-state index contributed by atoms with van der Waals surface area (Å²) >= 11 is 5.93. The molecule has 2 aromatic rings. The summed E-state index contributed by atoms with van der Waals surface area (Å²) in [6.07, 6.45) is 0. The molecule has 2 aromatic carbocycles. The second kappa shape index (κ2) is 5.80. The number of nitrogens with zero attached hydrogens (tertiary/aromatic N) is 1. The fourth-order valence-electron chi connectivity index (χ4n) is 1.78. The third-order valence-corrected chi connectivity index (χ3v) is 3.18. The van der Waals surface area contributed by atoms with Crippen LogP contribution in [-0.4, -0.2) is 10.8 Å². The van der Waals surface area contributed by atoms with Crippen LogP contribution in [0.1, 0.15) is 15.9 Å². The molecule has 0 aliphatic carbocycles. The second-order valence-corrected chi connectivity index (χ2v) is 4.87. The van der Waals surface area contributed by atoms with Crippen molar-refractivity contribution in [2.75, 3.05) is 11.1 Å². The molecular formula is C14H12ClN3O3. The number of amides is 1. The number of nitro benzene ring substituents is 1. The summed E-state index contributed by atoms with van der Waals surface area (Å²) < 4.78 is 0. The average Bonchev–Trinajstić information content (AvgIpc) is 2.43. The molecule has 0 radical (unpaired) electrons. The van der Waals surface area contributed by atoms with Gasteiger partial charge in [-0.3, -0.25) is 14.9 Å². The van der Waals surface area contributed by atoms with Gasteiger partial charge in [0.05, 0.1) is 21.2 Å². The molecule has 0 unspecified atom stereocenters. The molecule has 0 fully saturated rings. The van der Waals surface area contributed by atoms with E-state index in [9.17, 15) is 14.9 Å². The Morgan fingerprint density at radius 1 is 1.29 bits per heavy atom. The van der Waals surface area contributed by atoms with Gasteiger partial charge in [0.2, 0.25) is 0 Å². The van der Waals surface area contributed by atoms with Crippen LogP contribution in [0.3, 0.4) is 0 Å². The smallest absolute Gasteiger partial charge is 0.271 e. The van der Waals surface area contributed by atoms with Gasteiger partial charge in [0.1, 0.15) is 0 Å². The predicted octanol–water partition coefficient (Wildman–Crippen LogP) is 3.39. The van der Waals surface area contributed by atoms with Crippen LogP contribution in [0.15, 0.2) is 36.4 Å². The van der Waals surface area contributed by atoms with Crippen molar-refractivity contribution in [1.29, 1.82) is 0 Å². The van der Waals surface area contributed by atoms with Gasteiger partial charge in [0, 0.05) is 17.8 Å². The average molecular weight is 306 g/mol. The lowest BCUT2D eigenvalue weighted by atomic mass is 10.1. The Morgan fingerprint density at radius 3 is 2.62 bits per heavy atom. The number of nitrogens with one attached hydrogen (secondary N) is 1. The van der Waals surface area contributed by atoms with Gasteiger partial charge in [-0.25, -0.2) is 0 Å². The van der Waals surface area contributed by atoms with Crippen LogP contribution in [0.4, 0.5) is 17.1 Å². The standard InChI is InChI=1S/C14H12ClN3O3/c1-8-2-4-12(16)10(6-8)14(19)17-13-5-3-9(18(20)21)7-11(13)15/h2-7H,16H2,1H3,(H,17,19). The van der Waals surface area contributed by atoms with E-state index in [-0.39, 0.29) is 16.4 Å². The fraction of sp³-hybridized carbons (Fsp3) is 0.0714. The number of nitrogen functional groups attached to an aromatic ring is 1. The normalized spacial score (nSPS) is 10.2. The molecule has 0 spiro atoms.